The van der Waals surface area contributed by atoms with Crippen molar-refractivity contribution in [1.82, 2.24) is 5.32 Å². The minimum absolute atomic E-state index is 0.117. The average molecular weight is 307 g/mol. The van der Waals surface area contributed by atoms with E-state index in [2.05, 4.69) is 5.32 Å². The molecule has 1 saturated heterocycles. The highest BCUT2D eigenvalue weighted by atomic mass is 16.6. The second-order valence-corrected chi connectivity index (χ2v) is 5.72. The number of benzene rings is 1. The summed E-state index contributed by atoms with van der Waals surface area (Å²) in [5, 5.41) is 11.8. The molecule has 6 heteroatoms. The van der Waals surface area contributed by atoms with E-state index < -0.39 is 17.6 Å². The van der Waals surface area contributed by atoms with Gasteiger partial charge >= 0.3 is 12.1 Å². The number of carboxylic acids is 1. The van der Waals surface area contributed by atoms with Crippen LogP contribution in [0.25, 0.3) is 0 Å². The highest BCUT2D eigenvalue weighted by molar-refractivity contribution is 5.73. The zero-order valence-electron chi connectivity index (χ0n) is 12.7. The fraction of sp³-hybridized carbons (Fsp3) is 0.500. The van der Waals surface area contributed by atoms with Crippen molar-refractivity contribution in [1.29, 1.82) is 0 Å². The zero-order chi connectivity index (χ0) is 16.2. The van der Waals surface area contributed by atoms with Crippen molar-refractivity contribution in [2.24, 2.45) is 5.92 Å². The molecule has 0 spiro atoms. The highest BCUT2D eigenvalue weighted by Gasteiger charge is 2.48. The van der Waals surface area contributed by atoms with Crippen molar-refractivity contribution in [2.75, 3.05) is 6.61 Å². The van der Waals surface area contributed by atoms with Crippen LogP contribution in [0.3, 0.4) is 0 Å². The Morgan fingerprint density at radius 3 is 2.59 bits per heavy atom. The molecule has 120 valence electrons. The van der Waals surface area contributed by atoms with Gasteiger partial charge in [-0.1, -0.05) is 37.3 Å². The van der Waals surface area contributed by atoms with E-state index in [0.29, 0.717) is 0 Å². The summed E-state index contributed by atoms with van der Waals surface area (Å²) in [5.41, 5.74) is -0.0621. The fourth-order valence-electron chi connectivity index (χ4n) is 2.64. The van der Waals surface area contributed by atoms with E-state index >= 15 is 0 Å². The first-order valence-electron chi connectivity index (χ1n) is 7.25. The Morgan fingerprint density at radius 1 is 1.36 bits per heavy atom. The number of amides is 1. The number of hydrogen-bond acceptors (Lipinski definition) is 4. The topological polar surface area (TPSA) is 84.9 Å². The smallest absolute Gasteiger partial charge is 0.408 e. The van der Waals surface area contributed by atoms with Crippen LogP contribution >= 0.6 is 0 Å². The maximum Gasteiger partial charge on any atom is 0.408 e. The second-order valence-electron chi connectivity index (χ2n) is 5.72. The van der Waals surface area contributed by atoms with Crippen LogP contribution in [0.15, 0.2) is 30.3 Å². The molecule has 0 radical (unpaired) electrons. The lowest BCUT2D eigenvalue weighted by Crippen LogP contribution is -2.55. The summed E-state index contributed by atoms with van der Waals surface area (Å²) in [5.74, 6) is -1.10. The van der Waals surface area contributed by atoms with E-state index in [4.69, 9.17) is 14.6 Å². The number of carbonyl (C=O) groups excluding carboxylic acids is 1. The third-order valence-corrected chi connectivity index (χ3v) is 4.21. The molecule has 0 aromatic heterocycles. The van der Waals surface area contributed by atoms with E-state index in [-0.39, 0.29) is 31.7 Å². The lowest BCUT2D eigenvalue weighted by atomic mass is 9.82. The monoisotopic (exact) mass is 307 g/mol. The molecule has 2 N–H and O–H groups in total. The molecule has 2 rings (SSSR count). The van der Waals surface area contributed by atoms with Gasteiger partial charge in [-0.3, -0.25) is 4.79 Å². The molecule has 3 unspecified atom stereocenters. The van der Waals surface area contributed by atoms with Gasteiger partial charge in [-0.2, -0.15) is 0 Å². The summed E-state index contributed by atoms with van der Waals surface area (Å²) in [6.07, 6.45) is -0.942. The molecular weight excluding hydrogens is 286 g/mol. The number of carbonyl (C=O) groups is 2. The predicted octanol–water partition coefficient (Wildman–Crippen LogP) is 2.18. The summed E-state index contributed by atoms with van der Waals surface area (Å²) in [4.78, 5) is 23.2. The molecule has 1 fully saturated rings. The van der Waals surface area contributed by atoms with Crippen molar-refractivity contribution in [3.63, 3.8) is 0 Å². The van der Waals surface area contributed by atoms with Crippen LogP contribution < -0.4 is 5.32 Å². The van der Waals surface area contributed by atoms with Gasteiger partial charge < -0.3 is 19.9 Å². The molecule has 0 bridgehead atoms. The van der Waals surface area contributed by atoms with E-state index in [1.807, 2.05) is 44.2 Å². The third kappa shape index (κ3) is 3.76. The minimum Gasteiger partial charge on any atom is -0.481 e. The Hall–Kier alpha value is -2.08. The molecule has 22 heavy (non-hydrogen) atoms. The largest absolute Gasteiger partial charge is 0.481 e. The second kappa shape index (κ2) is 6.79. The van der Waals surface area contributed by atoms with Crippen LogP contribution in [0.1, 0.15) is 25.8 Å². The van der Waals surface area contributed by atoms with Gasteiger partial charge in [0.05, 0.1) is 24.7 Å². The molecule has 0 aliphatic carbocycles. The van der Waals surface area contributed by atoms with Crippen molar-refractivity contribution < 1.29 is 24.2 Å². The molecule has 6 nitrogen and oxygen atoms in total. The number of aliphatic carboxylic acids is 1. The highest BCUT2D eigenvalue weighted by Crippen LogP contribution is 2.33. The standard InChI is InChI=1S/C16H21NO5/c1-11-12(2)22-10-16(11,8-14(18)19)17-15(20)21-9-13-6-4-3-5-7-13/h3-7,11-12H,8-10H2,1-2H3,(H,17,20)(H,18,19). The van der Waals surface area contributed by atoms with Gasteiger partial charge in [-0.05, 0) is 12.5 Å². The van der Waals surface area contributed by atoms with Crippen molar-refractivity contribution in [3.05, 3.63) is 35.9 Å². The maximum atomic E-state index is 12.0. The normalized spacial score (nSPS) is 27.4. The Bertz CT molecular complexity index is 533. The molecule has 1 aliphatic rings. The lowest BCUT2D eigenvalue weighted by molar-refractivity contribution is -0.139. The van der Waals surface area contributed by atoms with Crippen molar-refractivity contribution >= 4 is 12.1 Å². The summed E-state index contributed by atoms with van der Waals surface area (Å²) >= 11 is 0. The van der Waals surface area contributed by atoms with Gasteiger partial charge in [0.15, 0.2) is 0 Å². The first-order chi connectivity index (χ1) is 10.4. The molecule has 0 saturated carbocycles. The molecular formula is C16H21NO5. The fourth-order valence-corrected chi connectivity index (χ4v) is 2.64. The van der Waals surface area contributed by atoms with E-state index in [0.717, 1.165) is 5.56 Å². The Balaban J connectivity index is 1.98. The van der Waals surface area contributed by atoms with E-state index in [9.17, 15) is 9.59 Å². The SMILES string of the molecule is CC1OCC(CC(=O)O)(NC(=O)OCc2ccccc2)C1C. The lowest BCUT2D eigenvalue weighted by Gasteiger charge is -2.31. The molecule has 1 amide bonds. The van der Waals surface area contributed by atoms with Crippen LogP contribution in [0.4, 0.5) is 4.79 Å². The number of nitrogens with one attached hydrogen (secondary N) is 1. The number of rotatable bonds is 5. The van der Waals surface area contributed by atoms with Gasteiger partial charge in [0.1, 0.15) is 6.61 Å². The van der Waals surface area contributed by atoms with Crippen molar-refractivity contribution in [3.8, 4) is 0 Å². The van der Waals surface area contributed by atoms with Gasteiger partial charge in [-0.15, -0.1) is 0 Å². The maximum absolute atomic E-state index is 12.0. The molecule has 1 aromatic carbocycles. The van der Waals surface area contributed by atoms with Gasteiger partial charge in [0, 0.05) is 5.92 Å². The molecule has 1 heterocycles. The van der Waals surface area contributed by atoms with Crippen LogP contribution in [0, 0.1) is 5.92 Å². The van der Waals surface area contributed by atoms with E-state index in [1.54, 1.807) is 0 Å². The first kappa shape index (κ1) is 16.3. The van der Waals surface area contributed by atoms with E-state index in [1.165, 1.54) is 0 Å². The Labute approximate surface area is 129 Å². The molecule has 3 atom stereocenters. The Morgan fingerprint density at radius 2 is 2.05 bits per heavy atom. The Kier molecular flexibility index (Phi) is 5.03. The summed E-state index contributed by atoms with van der Waals surface area (Å²) < 4.78 is 10.7. The predicted molar refractivity (Wildman–Crippen MR) is 79.3 cm³/mol. The molecule has 1 aliphatic heterocycles. The first-order valence-corrected chi connectivity index (χ1v) is 7.25. The van der Waals surface area contributed by atoms with Crippen LogP contribution in [-0.2, 0) is 20.9 Å². The van der Waals surface area contributed by atoms with Gasteiger partial charge in [-0.25, -0.2) is 4.79 Å². The quantitative estimate of drug-likeness (QED) is 0.871. The number of hydrogen-bond donors (Lipinski definition) is 2. The number of ether oxygens (including phenoxy) is 2. The summed E-state index contributed by atoms with van der Waals surface area (Å²) in [6.45, 7) is 4.05. The average Bonchev–Trinajstić information content (AvgIpc) is 2.74. The van der Waals surface area contributed by atoms with Gasteiger partial charge in [0.2, 0.25) is 0 Å². The number of alkyl carbamates (subject to hydrolysis) is 1. The third-order valence-electron chi connectivity index (χ3n) is 4.21. The zero-order valence-corrected chi connectivity index (χ0v) is 12.7. The summed E-state index contributed by atoms with van der Waals surface area (Å²) in [6, 6.07) is 9.30. The van der Waals surface area contributed by atoms with Gasteiger partial charge in [0.25, 0.3) is 0 Å². The van der Waals surface area contributed by atoms with Crippen molar-refractivity contribution in [2.45, 2.75) is 38.5 Å². The number of carboxylic acid groups (broad SMARTS) is 1. The van der Waals surface area contributed by atoms with Crippen LogP contribution in [-0.4, -0.2) is 35.4 Å². The summed E-state index contributed by atoms with van der Waals surface area (Å²) in [7, 11) is 0. The van der Waals surface area contributed by atoms with Crippen LogP contribution in [0.2, 0.25) is 0 Å². The molecule has 1 aromatic rings. The van der Waals surface area contributed by atoms with Crippen LogP contribution in [0.5, 0.6) is 0 Å². The minimum atomic E-state index is -0.979.